The van der Waals surface area contributed by atoms with Crippen LogP contribution in [0.5, 0.6) is 0 Å². The standard InChI is InChI=1S/C18H31N5O2/c1-18(25,15-9-20-22(2)11-15)13-19-17(24)21-16-7-8-23(12-16)10-14-5-3-4-6-14/h9,11,14,16,25H,3-8,10,12-13H2,1-2H3,(H2,19,21,24). The van der Waals surface area contributed by atoms with Crippen molar-refractivity contribution in [3.8, 4) is 0 Å². The van der Waals surface area contributed by atoms with Gasteiger partial charge in [-0.2, -0.15) is 5.10 Å². The normalized spacial score (nSPS) is 24.4. The number of carbonyl (C=O) groups is 1. The van der Waals surface area contributed by atoms with Crippen molar-refractivity contribution in [1.29, 1.82) is 0 Å². The van der Waals surface area contributed by atoms with Crippen LogP contribution in [0.15, 0.2) is 12.4 Å². The highest BCUT2D eigenvalue weighted by Crippen LogP contribution is 2.26. The molecule has 3 N–H and O–H groups in total. The summed E-state index contributed by atoms with van der Waals surface area (Å²) in [5.41, 5.74) is -0.436. The van der Waals surface area contributed by atoms with E-state index in [-0.39, 0.29) is 18.6 Å². The zero-order valence-corrected chi connectivity index (χ0v) is 15.4. The molecule has 1 saturated heterocycles. The third kappa shape index (κ3) is 4.95. The van der Waals surface area contributed by atoms with Gasteiger partial charge in [-0.1, -0.05) is 12.8 Å². The topological polar surface area (TPSA) is 82.4 Å². The van der Waals surface area contributed by atoms with Gasteiger partial charge in [-0.15, -0.1) is 0 Å². The molecule has 1 saturated carbocycles. The number of nitrogens with one attached hydrogen (secondary N) is 2. The lowest BCUT2D eigenvalue weighted by Crippen LogP contribution is -2.47. The number of hydrogen-bond acceptors (Lipinski definition) is 4. The van der Waals surface area contributed by atoms with E-state index in [1.165, 1.54) is 32.2 Å². The van der Waals surface area contributed by atoms with Gasteiger partial charge < -0.3 is 20.6 Å². The number of likely N-dealkylation sites (tertiary alicyclic amines) is 1. The molecule has 25 heavy (non-hydrogen) atoms. The van der Waals surface area contributed by atoms with Gasteiger partial charge >= 0.3 is 6.03 Å². The van der Waals surface area contributed by atoms with E-state index >= 15 is 0 Å². The maximum atomic E-state index is 12.2. The van der Waals surface area contributed by atoms with Crippen LogP contribution < -0.4 is 10.6 Å². The molecule has 1 aromatic rings. The van der Waals surface area contributed by atoms with E-state index in [1.54, 1.807) is 31.0 Å². The molecule has 2 unspecified atom stereocenters. The fraction of sp³-hybridized carbons (Fsp3) is 0.778. The monoisotopic (exact) mass is 349 g/mol. The van der Waals surface area contributed by atoms with Gasteiger partial charge in [0.2, 0.25) is 0 Å². The van der Waals surface area contributed by atoms with Crippen molar-refractivity contribution in [2.45, 2.75) is 50.7 Å². The predicted octanol–water partition coefficient (Wildman–Crippen LogP) is 1.19. The minimum Gasteiger partial charge on any atom is -0.383 e. The first-order valence-corrected chi connectivity index (χ1v) is 9.40. The molecule has 2 atom stereocenters. The summed E-state index contributed by atoms with van der Waals surface area (Å²) in [5, 5.41) is 20.4. The van der Waals surface area contributed by atoms with Crippen molar-refractivity contribution in [2.75, 3.05) is 26.2 Å². The van der Waals surface area contributed by atoms with E-state index < -0.39 is 5.60 Å². The van der Waals surface area contributed by atoms with Crippen LogP contribution in [0.25, 0.3) is 0 Å². The number of amides is 2. The van der Waals surface area contributed by atoms with Crippen LogP contribution >= 0.6 is 0 Å². The second-order valence-corrected chi connectivity index (χ2v) is 7.90. The molecule has 7 nitrogen and oxygen atoms in total. The van der Waals surface area contributed by atoms with E-state index in [2.05, 4.69) is 20.6 Å². The summed E-state index contributed by atoms with van der Waals surface area (Å²) >= 11 is 0. The highest BCUT2D eigenvalue weighted by Gasteiger charge is 2.28. The van der Waals surface area contributed by atoms with E-state index in [0.717, 1.165) is 25.4 Å². The molecule has 2 heterocycles. The summed E-state index contributed by atoms with van der Waals surface area (Å²) in [4.78, 5) is 14.6. The van der Waals surface area contributed by atoms with Crippen LogP contribution in [-0.4, -0.2) is 58.0 Å². The smallest absolute Gasteiger partial charge is 0.315 e. The Morgan fingerprint density at radius 1 is 1.40 bits per heavy atom. The van der Waals surface area contributed by atoms with Crippen LogP contribution in [0.2, 0.25) is 0 Å². The van der Waals surface area contributed by atoms with Gasteiger partial charge in [-0.05, 0) is 32.1 Å². The second-order valence-electron chi connectivity index (χ2n) is 7.90. The predicted molar refractivity (Wildman–Crippen MR) is 96.1 cm³/mol. The largest absolute Gasteiger partial charge is 0.383 e. The lowest BCUT2D eigenvalue weighted by molar-refractivity contribution is 0.0592. The van der Waals surface area contributed by atoms with Crippen molar-refractivity contribution in [3.05, 3.63) is 18.0 Å². The number of rotatable bonds is 6. The third-order valence-corrected chi connectivity index (χ3v) is 5.52. The summed E-state index contributed by atoms with van der Waals surface area (Å²) in [7, 11) is 1.80. The quantitative estimate of drug-likeness (QED) is 0.720. The molecule has 0 aromatic carbocycles. The average Bonchev–Trinajstić information content (AvgIpc) is 3.29. The molecule has 1 aliphatic heterocycles. The Balaban J connectivity index is 1.39. The van der Waals surface area contributed by atoms with E-state index in [0.29, 0.717) is 5.56 Å². The minimum atomic E-state index is -1.13. The number of aromatic nitrogens is 2. The highest BCUT2D eigenvalue weighted by atomic mass is 16.3. The number of aliphatic hydroxyl groups is 1. The molecule has 140 valence electrons. The summed E-state index contributed by atoms with van der Waals surface area (Å²) in [6.45, 7) is 5.01. The van der Waals surface area contributed by atoms with Gasteiger partial charge in [0.1, 0.15) is 5.60 Å². The summed E-state index contributed by atoms with van der Waals surface area (Å²) < 4.78 is 1.64. The lowest BCUT2D eigenvalue weighted by Gasteiger charge is -2.23. The fourth-order valence-electron chi connectivity index (χ4n) is 3.96. The second kappa shape index (κ2) is 7.74. The first-order chi connectivity index (χ1) is 11.9. The molecule has 1 aromatic heterocycles. The van der Waals surface area contributed by atoms with Gasteiger partial charge in [-0.25, -0.2) is 4.79 Å². The number of aryl methyl sites for hydroxylation is 1. The van der Waals surface area contributed by atoms with Crippen LogP contribution in [0, 0.1) is 5.92 Å². The van der Waals surface area contributed by atoms with E-state index in [4.69, 9.17) is 0 Å². The Morgan fingerprint density at radius 3 is 2.84 bits per heavy atom. The van der Waals surface area contributed by atoms with Crippen LogP contribution in [0.4, 0.5) is 4.79 Å². The van der Waals surface area contributed by atoms with Crippen LogP contribution in [-0.2, 0) is 12.6 Å². The molecular formula is C18H31N5O2. The molecule has 0 spiro atoms. The van der Waals surface area contributed by atoms with Gasteiger partial charge in [0.05, 0.1) is 12.7 Å². The Morgan fingerprint density at radius 2 is 2.16 bits per heavy atom. The molecule has 1 aliphatic carbocycles. The number of nitrogens with zero attached hydrogens (tertiary/aromatic N) is 3. The highest BCUT2D eigenvalue weighted by molar-refractivity contribution is 5.74. The maximum Gasteiger partial charge on any atom is 0.315 e. The molecule has 0 radical (unpaired) electrons. The number of urea groups is 1. The zero-order chi connectivity index (χ0) is 17.9. The Hall–Kier alpha value is -1.60. The van der Waals surface area contributed by atoms with Gasteiger partial charge in [0.15, 0.2) is 0 Å². The third-order valence-electron chi connectivity index (χ3n) is 5.52. The molecule has 0 bridgehead atoms. The lowest BCUT2D eigenvalue weighted by atomic mass is 10.00. The molecule has 2 aliphatic rings. The number of carbonyl (C=O) groups excluding carboxylic acids is 1. The Kier molecular flexibility index (Phi) is 5.64. The maximum absolute atomic E-state index is 12.2. The van der Waals surface area contributed by atoms with Crippen molar-refractivity contribution >= 4 is 6.03 Å². The van der Waals surface area contributed by atoms with E-state index in [9.17, 15) is 9.90 Å². The molecule has 7 heteroatoms. The van der Waals surface area contributed by atoms with Gasteiger partial charge in [0, 0.05) is 44.5 Å². The van der Waals surface area contributed by atoms with Crippen LogP contribution in [0.3, 0.4) is 0 Å². The Labute approximate surface area is 149 Å². The summed E-state index contributed by atoms with van der Waals surface area (Å²) in [6.07, 6.45) is 9.85. The van der Waals surface area contributed by atoms with Crippen molar-refractivity contribution in [3.63, 3.8) is 0 Å². The number of hydrogen-bond donors (Lipinski definition) is 3. The first kappa shape index (κ1) is 18.2. The van der Waals surface area contributed by atoms with Gasteiger partial charge in [0.25, 0.3) is 0 Å². The van der Waals surface area contributed by atoms with Crippen molar-refractivity contribution in [1.82, 2.24) is 25.3 Å². The van der Waals surface area contributed by atoms with Crippen molar-refractivity contribution < 1.29 is 9.90 Å². The molecule has 2 fully saturated rings. The van der Waals surface area contributed by atoms with Gasteiger partial charge in [-0.3, -0.25) is 4.68 Å². The van der Waals surface area contributed by atoms with E-state index in [1.807, 2.05) is 0 Å². The molecule has 3 rings (SSSR count). The Bertz CT molecular complexity index is 580. The summed E-state index contributed by atoms with van der Waals surface area (Å²) in [6, 6.07) is -0.0124. The molecular weight excluding hydrogens is 318 g/mol. The first-order valence-electron chi connectivity index (χ1n) is 9.40. The zero-order valence-electron chi connectivity index (χ0n) is 15.4. The minimum absolute atomic E-state index is 0.156. The van der Waals surface area contributed by atoms with Crippen molar-refractivity contribution in [2.24, 2.45) is 13.0 Å². The van der Waals surface area contributed by atoms with Crippen LogP contribution in [0.1, 0.15) is 44.6 Å². The summed E-state index contributed by atoms with van der Waals surface area (Å²) in [5.74, 6) is 0.849. The molecule has 2 amide bonds. The average molecular weight is 349 g/mol. The SMILES string of the molecule is Cn1cc(C(C)(O)CNC(=O)NC2CCN(CC3CCCC3)C2)cn1. The fourth-order valence-corrected chi connectivity index (χ4v) is 3.96.